The van der Waals surface area contributed by atoms with Crippen molar-refractivity contribution in [2.75, 3.05) is 26.1 Å². The lowest BCUT2D eigenvalue weighted by molar-refractivity contribution is -0.197. The van der Waals surface area contributed by atoms with Crippen LogP contribution < -0.4 is 16.2 Å². The Kier molecular flexibility index (Phi) is 9.22. The minimum absolute atomic E-state index is 0.0173. The molecule has 212 valence electrons. The molecule has 14 heteroatoms. The molecule has 0 bridgehead atoms. The van der Waals surface area contributed by atoms with E-state index in [0.29, 0.717) is 35.7 Å². The molecule has 1 aliphatic rings. The Morgan fingerprint density at radius 1 is 0.975 bits per heavy atom. The fraction of sp³-hybridized carbons (Fsp3) is 0.423. The molecule has 1 aromatic carbocycles. The minimum atomic E-state index is -0.717. The number of rotatable bonds is 14. The first-order chi connectivity index (χ1) is 19.2. The molecule has 3 aromatic rings. The Hall–Kier alpha value is -4.59. The van der Waals surface area contributed by atoms with Crippen LogP contribution in [0.5, 0.6) is 6.01 Å². The largest absolute Gasteiger partial charge is 0.461 e. The van der Waals surface area contributed by atoms with Crippen molar-refractivity contribution in [3.05, 3.63) is 45.9 Å². The van der Waals surface area contributed by atoms with Crippen LogP contribution in [-0.2, 0) is 41.7 Å². The van der Waals surface area contributed by atoms with Crippen molar-refractivity contribution in [1.29, 1.82) is 0 Å². The number of aryl methyl sites for hydroxylation is 1. The van der Waals surface area contributed by atoms with E-state index in [1.807, 2.05) is 24.3 Å². The van der Waals surface area contributed by atoms with Gasteiger partial charge in [0.25, 0.3) is 11.8 Å². The summed E-state index contributed by atoms with van der Waals surface area (Å²) in [6.45, 7) is 0.811. The number of ketones is 1. The van der Waals surface area contributed by atoms with E-state index in [4.69, 9.17) is 20.0 Å². The maximum absolute atomic E-state index is 12.6. The van der Waals surface area contributed by atoms with Gasteiger partial charge in [-0.05, 0) is 24.0 Å². The van der Waals surface area contributed by atoms with E-state index in [-0.39, 0.29) is 68.6 Å². The number of imide groups is 1. The Bertz CT molecular complexity index is 1450. The zero-order valence-corrected chi connectivity index (χ0v) is 22.0. The number of nitrogens with zero attached hydrogens (tertiary/aromatic N) is 4. The van der Waals surface area contributed by atoms with Crippen molar-refractivity contribution < 1.29 is 33.5 Å². The number of nitrogen functional groups attached to an aromatic ring is 1. The van der Waals surface area contributed by atoms with Gasteiger partial charge in [-0.2, -0.15) is 9.97 Å². The maximum Gasteiger partial charge on any atom is 0.333 e. The van der Waals surface area contributed by atoms with Gasteiger partial charge in [0.15, 0.2) is 11.5 Å². The second kappa shape index (κ2) is 13.0. The summed E-state index contributed by atoms with van der Waals surface area (Å²) in [5.74, 6) is -1.71. The number of H-pyrrole nitrogens is 1. The summed E-state index contributed by atoms with van der Waals surface area (Å²) in [5, 5.41) is 0.502. The Morgan fingerprint density at radius 3 is 2.38 bits per heavy atom. The lowest BCUT2D eigenvalue weighted by atomic mass is 10.0. The van der Waals surface area contributed by atoms with Crippen LogP contribution in [-0.4, -0.2) is 68.5 Å². The van der Waals surface area contributed by atoms with Crippen molar-refractivity contribution in [1.82, 2.24) is 24.6 Å². The molecule has 0 radical (unpaired) electrons. The van der Waals surface area contributed by atoms with Gasteiger partial charge in [0.05, 0.1) is 13.2 Å². The quantitative estimate of drug-likeness (QED) is 0.214. The van der Waals surface area contributed by atoms with Gasteiger partial charge >= 0.3 is 17.7 Å². The molecule has 0 unspecified atom stereocenters. The van der Waals surface area contributed by atoms with Crippen LogP contribution >= 0.6 is 0 Å². The molecule has 14 nitrogen and oxygen atoms in total. The minimum Gasteiger partial charge on any atom is -0.461 e. The van der Waals surface area contributed by atoms with Crippen LogP contribution in [0.15, 0.2) is 29.1 Å². The van der Waals surface area contributed by atoms with E-state index in [0.717, 1.165) is 11.1 Å². The number of hydrogen-bond donors (Lipinski definition) is 2. The fourth-order valence-corrected chi connectivity index (χ4v) is 4.10. The first kappa shape index (κ1) is 28.4. The molecular weight excluding hydrogens is 524 g/mol. The number of carbonyl (C=O) groups is 4. The number of Topliss-reactive ketones (excluding diaryl/α,β-unsaturated/α-hetero) is 1. The summed E-state index contributed by atoms with van der Waals surface area (Å²) in [4.78, 5) is 75.5. The van der Waals surface area contributed by atoms with Crippen LogP contribution in [0, 0.1) is 0 Å². The number of carbonyl (C=O) groups excluding carboxylic acids is 4. The molecule has 2 aromatic heterocycles. The number of imidazole rings is 1. The monoisotopic (exact) mass is 554 g/mol. The molecule has 1 aliphatic heterocycles. The Balaban J connectivity index is 1.26. The van der Waals surface area contributed by atoms with Crippen molar-refractivity contribution >= 4 is 40.5 Å². The molecule has 4 rings (SSSR count). The number of nitrogens with two attached hydrogens (primary N) is 1. The Morgan fingerprint density at radius 2 is 1.68 bits per heavy atom. The third kappa shape index (κ3) is 7.08. The van der Waals surface area contributed by atoms with Gasteiger partial charge in [0.1, 0.15) is 17.9 Å². The number of ether oxygens (including phenoxy) is 2. The van der Waals surface area contributed by atoms with Gasteiger partial charge in [-0.1, -0.05) is 24.3 Å². The van der Waals surface area contributed by atoms with Crippen molar-refractivity contribution in [3.63, 3.8) is 0 Å². The SMILES string of the molecule is COCCOc1nc(N)c2[nH]c(=O)n(Cc3ccc(CCC(=O)CCCC(=O)ON4C(=O)CCC4=O)cc3)c2n1. The van der Waals surface area contributed by atoms with E-state index in [1.54, 1.807) is 7.11 Å². The molecule has 0 atom stereocenters. The van der Waals surface area contributed by atoms with Crippen LogP contribution in [0.3, 0.4) is 0 Å². The van der Waals surface area contributed by atoms with E-state index in [9.17, 15) is 24.0 Å². The molecular formula is C26H30N6O8. The summed E-state index contributed by atoms with van der Waals surface area (Å²) in [5.41, 5.74) is 8.02. The highest BCUT2D eigenvalue weighted by Gasteiger charge is 2.32. The number of aromatic amines is 1. The smallest absolute Gasteiger partial charge is 0.333 e. The number of aromatic nitrogens is 4. The fourth-order valence-electron chi connectivity index (χ4n) is 4.10. The van der Waals surface area contributed by atoms with Gasteiger partial charge in [-0.3, -0.25) is 19.0 Å². The van der Waals surface area contributed by atoms with E-state index >= 15 is 0 Å². The van der Waals surface area contributed by atoms with Gasteiger partial charge < -0.3 is 25.0 Å². The highest BCUT2D eigenvalue weighted by Crippen LogP contribution is 2.19. The summed E-state index contributed by atoms with van der Waals surface area (Å²) < 4.78 is 11.8. The van der Waals surface area contributed by atoms with E-state index < -0.39 is 17.8 Å². The first-order valence-corrected chi connectivity index (χ1v) is 12.8. The predicted octanol–water partition coefficient (Wildman–Crippen LogP) is 1.05. The third-order valence-electron chi connectivity index (χ3n) is 6.24. The van der Waals surface area contributed by atoms with E-state index in [1.165, 1.54) is 4.57 Å². The lowest BCUT2D eigenvalue weighted by Crippen LogP contribution is -2.32. The third-order valence-corrected chi connectivity index (χ3v) is 6.24. The molecule has 0 spiro atoms. The molecule has 40 heavy (non-hydrogen) atoms. The number of benzene rings is 1. The van der Waals surface area contributed by atoms with Crippen LogP contribution in [0.25, 0.3) is 11.2 Å². The number of hydroxylamine groups is 2. The average molecular weight is 555 g/mol. The number of nitrogens with one attached hydrogen (secondary N) is 1. The number of amides is 2. The molecule has 2 amide bonds. The van der Waals surface area contributed by atoms with E-state index in [2.05, 4.69) is 15.0 Å². The molecule has 1 fully saturated rings. The molecule has 0 saturated carbocycles. The number of methoxy groups -OCH3 is 1. The molecule has 1 saturated heterocycles. The van der Waals surface area contributed by atoms with Crippen LogP contribution in [0.4, 0.5) is 5.82 Å². The molecule has 3 heterocycles. The van der Waals surface area contributed by atoms with Crippen molar-refractivity contribution in [3.8, 4) is 6.01 Å². The highest BCUT2D eigenvalue weighted by molar-refractivity contribution is 6.01. The number of fused-ring (bicyclic) bond motifs is 1. The summed E-state index contributed by atoms with van der Waals surface area (Å²) in [7, 11) is 1.54. The van der Waals surface area contributed by atoms with Gasteiger partial charge in [-0.15, -0.1) is 5.06 Å². The lowest BCUT2D eigenvalue weighted by Gasteiger charge is -2.12. The normalized spacial score (nSPS) is 13.3. The molecule has 3 N–H and O–H groups in total. The predicted molar refractivity (Wildman–Crippen MR) is 140 cm³/mol. The standard InChI is InChI=1S/C26H30N6O8/c1-38-13-14-39-25-29-23(27)22-24(30-25)31(26(37)28-22)15-17-7-5-16(6-8-17)9-10-18(33)3-2-4-21(36)40-32-19(34)11-12-20(32)35/h5-8H,2-4,9-15H2,1H3,(H,28,37)(H2,27,29,30). The second-order valence-corrected chi connectivity index (χ2v) is 9.20. The summed E-state index contributed by atoms with van der Waals surface area (Å²) in [6, 6.07) is 7.54. The van der Waals surface area contributed by atoms with Crippen molar-refractivity contribution in [2.45, 2.75) is 51.5 Å². The van der Waals surface area contributed by atoms with Gasteiger partial charge in [0, 0.05) is 39.2 Å². The van der Waals surface area contributed by atoms with Crippen molar-refractivity contribution in [2.24, 2.45) is 0 Å². The topological polar surface area (TPSA) is 189 Å². The van der Waals surface area contributed by atoms with Gasteiger partial charge in [-0.25, -0.2) is 9.59 Å². The zero-order chi connectivity index (χ0) is 28.6. The van der Waals surface area contributed by atoms with Crippen LogP contribution in [0.2, 0.25) is 0 Å². The van der Waals surface area contributed by atoms with Crippen LogP contribution in [0.1, 0.15) is 49.7 Å². The number of hydrogen-bond acceptors (Lipinski definition) is 11. The zero-order valence-electron chi connectivity index (χ0n) is 22.0. The second-order valence-electron chi connectivity index (χ2n) is 9.20. The maximum atomic E-state index is 12.6. The highest BCUT2D eigenvalue weighted by atomic mass is 16.7. The Labute approximate surface area is 228 Å². The van der Waals surface area contributed by atoms with Gasteiger partial charge in [0.2, 0.25) is 0 Å². The average Bonchev–Trinajstić information content (AvgIpc) is 3.42. The summed E-state index contributed by atoms with van der Waals surface area (Å²) >= 11 is 0. The summed E-state index contributed by atoms with van der Waals surface area (Å²) in [6.07, 6.45) is 1.25. The first-order valence-electron chi connectivity index (χ1n) is 12.8. The number of anilines is 1. The molecule has 0 aliphatic carbocycles.